The first-order valence-corrected chi connectivity index (χ1v) is 9.79. The molecule has 0 N–H and O–H groups in total. The van der Waals surface area contributed by atoms with Crippen LogP contribution in [0.1, 0.15) is 30.5 Å². The van der Waals surface area contributed by atoms with Gasteiger partial charge in [-0.2, -0.15) is 4.98 Å². The van der Waals surface area contributed by atoms with E-state index in [1.165, 1.54) is 30.5 Å². The zero-order chi connectivity index (χ0) is 17.3. The van der Waals surface area contributed by atoms with Crippen molar-refractivity contribution < 1.29 is 0 Å². The molecule has 0 amide bonds. The summed E-state index contributed by atoms with van der Waals surface area (Å²) in [5.74, 6) is 3.09. The molecular formula is C19H25N7. The van der Waals surface area contributed by atoms with Crippen LogP contribution in [0.3, 0.4) is 0 Å². The van der Waals surface area contributed by atoms with Crippen LogP contribution >= 0.6 is 0 Å². The highest BCUT2D eigenvalue weighted by Crippen LogP contribution is 2.29. The maximum Gasteiger partial charge on any atom is 0.227 e. The molecule has 0 bridgehead atoms. The normalized spacial score (nSPS) is 19.9. The number of hydrogen-bond donors (Lipinski definition) is 0. The Kier molecular flexibility index (Phi) is 4.07. The van der Waals surface area contributed by atoms with E-state index in [0.29, 0.717) is 0 Å². The van der Waals surface area contributed by atoms with Crippen molar-refractivity contribution in [3.05, 3.63) is 29.8 Å². The summed E-state index contributed by atoms with van der Waals surface area (Å²) in [5, 5.41) is 0. The number of anilines is 3. The van der Waals surface area contributed by atoms with E-state index >= 15 is 0 Å². The molecule has 4 heterocycles. The molecule has 2 aromatic rings. The fraction of sp³-hybridized carbons (Fsp3) is 0.579. The molecule has 7 heteroatoms. The topological polar surface area (TPSA) is 61.3 Å². The smallest absolute Gasteiger partial charge is 0.227 e. The second-order valence-electron chi connectivity index (χ2n) is 7.36. The van der Waals surface area contributed by atoms with E-state index in [1.807, 2.05) is 12.3 Å². The molecule has 5 rings (SSSR count). The van der Waals surface area contributed by atoms with E-state index in [2.05, 4.69) is 29.7 Å². The minimum atomic E-state index is 0.863. The summed E-state index contributed by atoms with van der Waals surface area (Å²) in [6.07, 6.45) is 9.59. The van der Waals surface area contributed by atoms with Gasteiger partial charge in [0.2, 0.25) is 5.95 Å². The van der Waals surface area contributed by atoms with Gasteiger partial charge in [0, 0.05) is 56.7 Å². The molecule has 3 aliphatic rings. The van der Waals surface area contributed by atoms with Gasteiger partial charge in [-0.25, -0.2) is 15.0 Å². The van der Waals surface area contributed by atoms with Crippen LogP contribution in [-0.2, 0) is 12.8 Å². The third-order valence-electron chi connectivity index (χ3n) is 5.77. The molecule has 0 aromatic carbocycles. The van der Waals surface area contributed by atoms with Crippen LogP contribution < -0.4 is 14.7 Å². The van der Waals surface area contributed by atoms with Gasteiger partial charge in [0.15, 0.2) is 0 Å². The summed E-state index contributed by atoms with van der Waals surface area (Å²) < 4.78 is 0. The Balaban J connectivity index is 1.29. The van der Waals surface area contributed by atoms with Crippen LogP contribution in [0.5, 0.6) is 0 Å². The lowest BCUT2D eigenvalue weighted by atomic mass is 10.2. The minimum absolute atomic E-state index is 0.863. The molecule has 0 atom stereocenters. The molecule has 2 saturated heterocycles. The fourth-order valence-electron chi connectivity index (χ4n) is 4.35. The Bertz CT molecular complexity index is 779. The van der Waals surface area contributed by atoms with Crippen LogP contribution in [0.2, 0.25) is 0 Å². The Morgan fingerprint density at radius 3 is 2.38 bits per heavy atom. The number of aromatic nitrogens is 4. The lowest BCUT2D eigenvalue weighted by Gasteiger charge is -2.36. The third-order valence-corrected chi connectivity index (χ3v) is 5.77. The summed E-state index contributed by atoms with van der Waals surface area (Å²) in [5.41, 5.74) is 2.62. The Morgan fingerprint density at radius 2 is 1.54 bits per heavy atom. The van der Waals surface area contributed by atoms with Crippen LogP contribution in [0.15, 0.2) is 18.6 Å². The lowest BCUT2D eigenvalue weighted by molar-refractivity contribution is 0.631. The molecule has 1 aliphatic carbocycles. The minimum Gasteiger partial charge on any atom is -0.356 e. The highest BCUT2D eigenvalue weighted by Gasteiger charge is 2.25. The standard InChI is InChI=1S/C19H25N7/c1-2-9-24(8-1)17-6-7-20-19(23-17)26-12-10-25(11-13-26)18-15-4-3-5-16(15)21-14-22-18/h6-7,14H,1-5,8-13H2. The van der Waals surface area contributed by atoms with Gasteiger partial charge in [-0.1, -0.05) is 0 Å². The Morgan fingerprint density at radius 1 is 0.731 bits per heavy atom. The zero-order valence-corrected chi connectivity index (χ0v) is 15.1. The molecule has 0 unspecified atom stereocenters. The van der Waals surface area contributed by atoms with E-state index in [0.717, 1.165) is 69.7 Å². The SMILES string of the molecule is c1cc(N2CCCC2)nc(N2CCN(c3ncnc4c3CCC4)CC2)n1. The second kappa shape index (κ2) is 6.70. The first kappa shape index (κ1) is 15.8. The first-order valence-electron chi connectivity index (χ1n) is 9.79. The molecule has 2 fully saturated rings. The number of piperazine rings is 1. The lowest BCUT2D eigenvalue weighted by Crippen LogP contribution is -2.47. The molecular weight excluding hydrogens is 326 g/mol. The van der Waals surface area contributed by atoms with Gasteiger partial charge < -0.3 is 14.7 Å². The van der Waals surface area contributed by atoms with Crippen molar-refractivity contribution in [2.45, 2.75) is 32.1 Å². The summed E-state index contributed by atoms with van der Waals surface area (Å²) in [7, 11) is 0. The molecule has 0 saturated carbocycles. The average Bonchev–Trinajstić information content (AvgIpc) is 3.40. The first-order chi connectivity index (χ1) is 12.9. The number of aryl methyl sites for hydroxylation is 1. The van der Waals surface area contributed by atoms with E-state index in [9.17, 15) is 0 Å². The number of nitrogens with zero attached hydrogens (tertiary/aromatic N) is 7. The van der Waals surface area contributed by atoms with E-state index < -0.39 is 0 Å². The molecule has 2 aliphatic heterocycles. The van der Waals surface area contributed by atoms with E-state index in [1.54, 1.807) is 6.33 Å². The molecule has 7 nitrogen and oxygen atoms in total. The van der Waals surface area contributed by atoms with Crippen molar-refractivity contribution in [1.29, 1.82) is 0 Å². The fourth-order valence-corrected chi connectivity index (χ4v) is 4.35. The van der Waals surface area contributed by atoms with Gasteiger partial charge in [-0.3, -0.25) is 0 Å². The highest BCUT2D eigenvalue weighted by atomic mass is 15.3. The maximum atomic E-state index is 4.83. The molecule has 136 valence electrons. The quantitative estimate of drug-likeness (QED) is 0.834. The highest BCUT2D eigenvalue weighted by molar-refractivity contribution is 5.52. The van der Waals surface area contributed by atoms with Gasteiger partial charge in [-0.15, -0.1) is 0 Å². The van der Waals surface area contributed by atoms with Gasteiger partial charge in [0.1, 0.15) is 18.0 Å². The van der Waals surface area contributed by atoms with Crippen LogP contribution in [0, 0.1) is 0 Å². The van der Waals surface area contributed by atoms with Crippen LogP contribution in [-0.4, -0.2) is 59.2 Å². The van der Waals surface area contributed by atoms with Crippen molar-refractivity contribution in [2.75, 3.05) is 54.0 Å². The number of rotatable bonds is 3. The number of fused-ring (bicyclic) bond motifs is 1. The maximum absolute atomic E-state index is 4.83. The van der Waals surface area contributed by atoms with Crippen LogP contribution in [0.25, 0.3) is 0 Å². The number of hydrogen-bond acceptors (Lipinski definition) is 7. The predicted octanol–water partition coefficient (Wildman–Crippen LogP) is 1.68. The molecule has 26 heavy (non-hydrogen) atoms. The second-order valence-corrected chi connectivity index (χ2v) is 7.36. The Labute approximate surface area is 154 Å². The predicted molar refractivity (Wildman–Crippen MR) is 102 cm³/mol. The largest absolute Gasteiger partial charge is 0.356 e. The molecule has 0 radical (unpaired) electrons. The Hall–Kier alpha value is -2.44. The van der Waals surface area contributed by atoms with Crippen molar-refractivity contribution >= 4 is 17.6 Å². The third kappa shape index (κ3) is 2.85. The van der Waals surface area contributed by atoms with Crippen molar-refractivity contribution in [2.24, 2.45) is 0 Å². The van der Waals surface area contributed by atoms with Gasteiger partial charge in [0.25, 0.3) is 0 Å². The average molecular weight is 351 g/mol. The zero-order valence-electron chi connectivity index (χ0n) is 15.1. The van der Waals surface area contributed by atoms with Crippen LogP contribution in [0.4, 0.5) is 17.6 Å². The monoisotopic (exact) mass is 351 g/mol. The summed E-state index contributed by atoms with van der Waals surface area (Å²) in [4.78, 5) is 25.5. The van der Waals surface area contributed by atoms with E-state index in [4.69, 9.17) is 4.98 Å². The summed E-state index contributed by atoms with van der Waals surface area (Å²) in [6.45, 7) is 6.01. The van der Waals surface area contributed by atoms with Gasteiger partial charge in [0.05, 0.1) is 0 Å². The van der Waals surface area contributed by atoms with Gasteiger partial charge in [-0.05, 0) is 38.2 Å². The molecule has 0 spiro atoms. The summed E-state index contributed by atoms with van der Waals surface area (Å²) in [6, 6.07) is 2.04. The summed E-state index contributed by atoms with van der Waals surface area (Å²) >= 11 is 0. The van der Waals surface area contributed by atoms with E-state index in [-0.39, 0.29) is 0 Å². The van der Waals surface area contributed by atoms with Crippen molar-refractivity contribution in [1.82, 2.24) is 19.9 Å². The molecule has 2 aromatic heterocycles. The van der Waals surface area contributed by atoms with Crippen molar-refractivity contribution in [3.63, 3.8) is 0 Å². The van der Waals surface area contributed by atoms with Gasteiger partial charge >= 0.3 is 0 Å². The van der Waals surface area contributed by atoms with Crippen molar-refractivity contribution in [3.8, 4) is 0 Å².